The molecule has 0 spiro atoms. The van der Waals surface area contributed by atoms with E-state index >= 15 is 0 Å². The van der Waals surface area contributed by atoms with Crippen LogP contribution in [-0.4, -0.2) is 21.4 Å². The maximum absolute atomic E-state index is 9.72. The van der Waals surface area contributed by atoms with Gasteiger partial charge >= 0.3 is 0 Å². The van der Waals surface area contributed by atoms with Crippen LogP contribution in [0.2, 0.25) is 0 Å². The summed E-state index contributed by atoms with van der Waals surface area (Å²) in [5.74, 6) is 0.605. The van der Waals surface area contributed by atoms with E-state index in [1.165, 1.54) is 18.5 Å². The summed E-state index contributed by atoms with van der Waals surface area (Å²) < 4.78 is 1.98. The van der Waals surface area contributed by atoms with E-state index in [1.54, 1.807) is 6.20 Å². The summed E-state index contributed by atoms with van der Waals surface area (Å²) in [5, 5.41) is 14.0. The maximum atomic E-state index is 9.72. The molecule has 1 aliphatic rings. The van der Waals surface area contributed by atoms with Crippen molar-refractivity contribution in [3.63, 3.8) is 0 Å². The van der Waals surface area contributed by atoms with E-state index in [9.17, 15) is 5.11 Å². The van der Waals surface area contributed by atoms with Crippen LogP contribution in [0.5, 0.6) is 0 Å². The summed E-state index contributed by atoms with van der Waals surface area (Å²) in [6, 6.07) is 0. The van der Waals surface area contributed by atoms with E-state index in [0.29, 0.717) is 5.92 Å². The highest BCUT2D eigenvalue weighted by Crippen LogP contribution is 2.42. The number of rotatable bonds is 4. The molecule has 4 heteroatoms. The summed E-state index contributed by atoms with van der Waals surface area (Å²) in [5.41, 5.74) is 7.58. The van der Waals surface area contributed by atoms with Crippen LogP contribution in [0.15, 0.2) is 6.20 Å². The third-order valence-electron chi connectivity index (χ3n) is 2.76. The molecule has 3 N–H and O–H groups in total. The molecule has 14 heavy (non-hydrogen) atoms. The fraction of sp³-hybridized carbons (Fsp3) is 0.700. The fourth-order valence-electron chi connectivity index (χ4n) is 1.85. The van der Waals surface area contributed by atoms with Crippen LogP contribution >= 0.6 is 0 Å². The fourth-order valence-corrected chi connectivity index (χ4v) is 1.85. The van der Waals surface area contributed by atoms with Gasteiger partial charge in [-0.15, -0.1) is 0 Å². The van der Waals surface area contributed by atoms with Crippen LogP contribution in [0.4, 0.5) is 0 Å². The summed E-state index contributed by atoms with van der Waals surface area (Å²) in [6.07, 6.45) is 3.64. The van der Waals surface area contributed by atoms with Gasteiger partial charge in [-0.05, 0) is 19.8 Å². The van der Waals surface area contributed by atoms with E-state index in [0.717, 1.165) is 12.1 Å². The van der Waals surface area contributed by atoms with Gasteiger partial charge in [0, 0.05) is 30.3 Å². The van der Waals surface area contributed by atoms with Crippen LogP contribution < -0.4 is 5.73 Å². The van der Waals surface area contributed by atoms with Crippen LogP contribution in [0.25, 0.3) is 0 Å². The Balaban J connectivity index is 2.33. The number of aryl methyl sites for hydroxylation is 1. The molecule has 1 aromatic heterocycles. The van der Waals surface area contributed by atoms with Gasteiger partial charge in [-0.25, -0.2) is 0 Å². The summed E-state index contributed by atoms with van der Waals surface area (Å²) in [7, 11) is 0. The van der Waals surface area contributed by atoms with E-state index in [4.69, 9.17) is 5.73 Å². The van der Waals surface area contributed by atoms with Crippen molar-refractivity contribution in [2.75, 3.05) is 6.54 Å². The second-order valence-electron chi connectivity index (χ2n) is 3.83. The number of aromatic nitrogens is 2. The van der Waals surface area contributed by atoms with Crippen LogP contribution in [-0.2, 0) is 6.54 Å². The van der Waals surface area contributed by atoms with Crippen molar-refractivity contribution >= 4 is 0 Å². The molecule has 0 saturated heterocycles. The Labute approximate surface area is 83.7 Å². The maximum Gasteiger partial charge on any atom is 0.0945 e. The third-order valence-corrected chi connectivity index (χ3v) is 2.76. The van der Waals surface area contributed by atoms with E-state index < -0.39 is 6.10 Å². The zero-order valence-corrected chi connectivity index (χ0v) is 8.48. The summed E-state index contributed by atoms with van der Waals surface area (Å²) in [6.45, 7) is 3.20. The SMILES string of the molecule is CCn1ncc(C(O)CN)c1C1CC1. The monoisotopic (exact) mass is 195 g/mol. The van der Waals surface area contributed by atoms with Crippen LogP contribution in [0.3, 0.4) is 0 Å². The Hall–Kier alpha value is -0.870. The third kappa shape index (κ3) is 1.55. The van der Waals surface area contributed by atoms with Gasteiger partial charge in [0.1, 0.15) is 0 Å². The molecule has 78 valence electrons. The molecule has 2 rings (SSSR count). The molecule has 0 aromatic carbocycles. The number of nitrogens with zero attached hydrogens (tertiary/aromatic N) is 2. The van der Waals surface area contributed by atoms with Crippen molar-refractivity contribution in [2.45, 2.75) is 38.3 Å². The minimum atomic E-state index is -0.550. The molecule has 1 aliphatic carbocycles. The van der Waals surface area contributed by atoms with Crippen molar-refractivity contribution < 1.29 is 5.11 Å². The second-order valence-corrected chi connectivity index (χ2v) is 3.83. The molecule has 4 nitrogen and oxygen atoms in total. The lowest BCUT2D eigenvalue weighted by atomic mass is 10.1. The Morgan fingerprint density at radius 2 is 2.43 bits per heavy atom. The van der Waals surface area contributed by atoms with Crippen molar-refractivity contribution in [1.29, 1.82) is 0 Å². The zero-order valence-electron chi connectivity index (χ0n) is 8.48. The van der Waals surface area contributed by atoms with E-state index in [-0.39, 0.29) is 6.54 Å². The molecule has 1 unspecified atom stereocenters. The smallest absolute Gasteiger partial charge is 0.0945 e. The van der Waals surface area contributed by atoms with Crippen molar-refractivity contribution in [2.24, 2.45) is 5.73 Å². The lowest BCUT2D eigenvalue weighted by Crippen LogP contribution is -2.13. The minimum absolute atomic E-state index is 0.273. The van der Waals surface area contributed by atoms with Gasteiger partial charge in [0.2, 0.25) is 0 Å². The summed E-state index contributed by atoms with van der Waals surface area (Å²) >= 11 is 0. The summed E-state index contributed by atoms with van der Waals surface area (Å²) in [4.78, 5) is 0. The topological polar surface area (TPSA) is 64.1 Å². The largest absolute Gasteiger partial charge is 0.387 e. The van der Waals surface area contributed by atoms with Gasteiger partial charge in [0.05, 0.1) is 12.3 Å². The molecule has 0 radical (unpaired) electrons. The quantitative estimate of drug-likeness (QED) is 0.746. The first-order valence-electron chi connectivity index (χ1n) is 5.21. The zero-order chi connectivity index (χ0) is 10.1. The molecule has 1 atom stereocenters. The standard InChI is InChI=1S/C10H17N3O/c1-2-13-10(7-3-4-7)8(6-12-13)9(14)5-11/h6-7,9,14H,2-5,11H2,1H3. The number of aliphatic hydroxyl groups is 1. The number of aliphatic hydroxyl groups excluding tert-OH is 1. The number of hydrogen-bond donors (Lipinski definition) is 2. The van der Waals surface area contributed by atoms with E-state index in [2.05, 4.69) is 12.0 Å². The highest BCUT2D eigenvalue weighted by atomic mass is 16.3. The van der Waals surface area contributed by atoms with Gasteiger partial charge in [0.25, 0.3) is 0 Å². The second kappa shape index (κ2) is 3.71. The predicted octanol–water partition coefficient (Wildman–Crippen LogP) is 0.773. The van der Waals surface area contributed by atoms with Crippen LogP contribution in [0.1, 0.15) is 43.0 Å². The lowest BCUT2D eigenvalue weighted by Gasteiger charge is -2.10. The molecular formula is C10H17N3O. The number of nitrogens with two attached hydrogens (primary N) is 1. The average Bonchev–Trinajstić information content (AvgIpc) is 2.96. The normalized spacial score (nSPS) is 18.5. The molecule has 1 heterocycles. The van der Waals surface area contributed by atoms with Gasteiger partial charge in [-0.2, -0.15) is 5.10 Å². The van der Waals surface area contributed by atoms with Gasteiger partial charge in [-0.1, -0.05) is 0 Å². The average molecular weight is 195 g/mol. The van der Waals surface area contributed by atoms with Crippen molar-refractivity contribution in [1.82, 2.24) is 9.78 Å². The Kier molecular flexibility index (Phi) is 2.56. The first-order valence-corrected chi connectivity index (χ1v) is 5.21. The van der Waals surface area contributed by atoms with Gasteiger partial charge in [0.15, 0.2) is 0 Å². The van der Waals surface area contributed by atoms with Gasteiger partial charge in [-0.3, -0.25) is 4.68 Å². The van der Waals surface area contributed by atoms with Gasteiger partial charge < -0.3 is 10.8 Å². The molecule has 0 amide bonds. The number of hydrogen-bond acceptors (Lipinski definition) is 3. The Morgan fingerprint density at radius 3 is 2.93 bits per heavy atom. The Bertz CT molecular complexity index is 317. The lowest BCUT2D eigenvalue weighted by molar-refractivity contribution is 0.185. The first kappa shape index (κ1) is 9.68. The van der Waals surface area contributed by atoms with Crippen molar-refractivity contribution in [3.05, 3.63) is 17.5 Å². The molecule has 1 saturated carbocycles. The molecular weight excluding hydrogens is 178 g/mol. The Morgan fingerprint density at radius 1 is 1.71 bits per heavy atom. The minimum Gasteiger partial charge on any atom is -0.387 e. The first-order chi connectivity index (χ1) is 6.77. The molecule has 0 aliphatic heterocycles. The molecule has 0 bridgehead atoms. The van der Waals surface area contributed by atoms with Crippen LogP contribution in [0, 0.1) is 0 Å². The van der Waals surface area contributed by atoms with E-state index in [1.807, 2.05) is 4.68 Å². The highest BCUT2D eigenvalue weighted by molar-refractivity contribution is 5.27. The molecule has 1 aromatic rings. The van der Waals surface area contributed by atoms with Crippen molar-refractivity contribution in [3.8, 4) is 0 Å². The predicted molar refractivity (Wildman–Crippen MR) is 53.9 cm³/mol. The molecule has 1 fully saturated rings. The highest BCUT2D eigenvalue weighted by Gasteiger charge is 2.31.